The molecule has 0 aliphatic heterocycles. The Bertz CT molecular complexity index is 463. The van der Waals surface area contributed by atoms with E-state index in [1.54, 1.807) is 13.4 Å². The number of hydrogen-bond acceptors (Lipinski definition) is 4. The van der Waals surface area contributed by atoms with Crippen LogP contribution in [0.25, 0.3) is 0 Å². The van der Waals surface area contributed by atoms with Crippen molar-refractivity contribution in [2.24, 2.45) is 0 Å². The Hall–Kier alpha value is -1.07. The van der Waals surface area contributed by atoms with Gasteiger partial charge in [0.05, 0.1) is 13.2 Å². The first-order chi connectivity index (χ1) is 9.92. The number of methoxy groups -OCH3 is 1. The molecule has 0 saturated heterocycles. The Kier molecular flexibility index (Phi) is 7.75. The molecule has 1 N–H and O–H groups in total. The summed E-state index contributed by atoms with van der Waals surface area (Å²) in [6.45, 7) is 6.86. The van der Waals surface area contributed by atoms with E-state index < -0.39 is 10.8 Å². The summed E-state index contributed by atoms with van der Waals surface area (Å²) >= 11 is 0. The van der Waals surface area contributed by atoms with E-state index in [1.165, 1.54) is 0 Å². The quantitative estimate of drug-likeness (QED) is 0.761. The highest BCUT2D eigenvalue weighted by molar-refractivity contribution is 7.84. The Morgan fingerprint density at radius 3 is 2.52 bits per heavy atom. The zero-order valence-corrected chi connectivity index (χ0v) is 14.5. The predicted molar refractivity (Wildman–Crippen MR) is 88.6 cm³/mol. The molecule has 120 valence electrons. The Labute approximate surface area is 130 Å². The maximum Gasteiger partial charge on any atom is 0.161 e. The van der Waals surface area contributed by atoms with Crippen LogP contribution in [0.4, 0.5) is 0 Å². The van der Waals surface area contributed by atoms with Crippen LogP contribution in [-0.2, 0) is 17.3 Å². The van der Waals surface area contributed by atoms with Gasteiger partial charge in [0, 0.05) is 35.4 Å². The number of ether oxygens (including phenoxy) is 2. The molecule has 21 heavy (non-hydrogen) atoms. The lowest BCUT2D eigenvalue weighted by atomic mass is 10.1. The maximum atomic E-state index is 11.1. The lowest BCUT2D eigenvalue weighted by molar-refractivity contribution is 0.230. The summed E-state index contributed by atoms with van der Waals surface area (Å²) in [5.74, 6) is 2.26. The second-order valence-electron chi connectivity index (χ2n) is 5.50. The molecule has 0 heterocycles. The molecular formula is C16H27NO3S. The minimum absolute atomic E-state index is 0.123. The molecule has 4 nitrogen and oxygen atoms in total. The van der Waals surface area contributed by atoms with Crippen LogP contribution in [0.5, 0.6) is 11.5 Å². The molecule has 0 fully saturated rings. The van der Waals surface area contributed by atoms with Crippen molar-refractivity contribution in [3.63, 3.8) is 0 Å². The fraction of sp³-hybridized carbons (Fsp3) is 0.625. The van der Waals surface area contributed by atoms with Crippen molar-refractivity contribution in [3.8, 4) is 11.5 Å². The topological polar surface area (TPSA) is 47.6 Å². The molecule has 0 saturated carbocycles. The molecule has 1 rings (SSSR count). The van der Waals surface area contributed by atoms with Crippen LogP contribution < -0.4 is 14.8 Å². The first-order valence-corrected chi connectivity index (χ1v) is 9.02. The van der Waals surface area contributed by atoms with E-state index in [-0.39, 0.29) is 6.10 Å². The molecule has 2 atom stereocenters. The van der Waals surface area contributed by atoms with Gasteiger partial charge in [-0.15, -0.1) is 0 Å². The smallest absolute Gasteiger partial charge is 0.161 e. The fourth-order valence-corrected chi connectivity index (χ4v) is 2.60. The summed E-state index contributed by atoms with van der Waals surface area (Å²) in [5.41, 5.74) is 1.15. The molecule has 0 radical (unpaired) electrons. The molecule has 1 aromatic carbocycles. The molecule has 0 aliphatic rings. The van der Waals surface area contributed by atoms with Crippen molar-refractivity contribution in [1.82, 2.24) is 5.32 Å². The van der Waals surface area contributed by atoms with E-state index in [9.17, 15) is 4.21 Å². The van der Waals surface area contributed by atoms with E-state index in [4.69, 9.17) is 9.47 Å². The molecule has 5 heteroatoms. The SMILES string of the molecule is COc1cc(CNC(C)CCS(C)=O)ccc1OC(C)C. The average molecular weight is 313 g/mol. The van der Waals surface area contributed by atoms with Gasteiger partial charge in [-0.25, -0.2) is 0 Å². The van der Waals surface area contributed by atoms with Gasteiger partial charge in [0.25, 0.3) is 0 Å². The first kappa shape index (κ1) is 18.0. The molecule has 2 unspecified atom stereocenters. The second kappa shape index (κ2) is 9.05. The predicted octanol–water partition coefficient (Wildman–Crippen LogP) is 2.73. The van der Waals surface area contributed by atoms with Crippen molar-refractivity contribution in [3.05, 3.63) is 23.8 Å². The van der Waals surface area contributed by atoms with E-state index in [0.717, 1.165) is 35.8 Å². The third kappa shape index (κ3) is 6.96. The van der Waals surface area contributed by atoms with Crippen molar-refractivity contribution in [2.45, 2.75) is 45.9 Å². The van der Waals surface area contributed by atoms with Gasteiger partial charge in [-0.05, 0) is 44.9 Å². The summed E-state index contributed by atoms with van der Waals surface area (Å²) in [6, 6.07) is 6.32. The highest BCUT2D eigenvalue weighted by Gasteiger charge is 2.08. The van der Waals surface area contributed by atoms with Gasteiger partial charge in [-0.1, -0.05) is 6.07 Å². The van der Waals surface area contributed by atoms with Crippen LogP contribution in [0.2, 0.25) is 0 Å². The maximum absolute atomic E-state index is 11.1. The average Bonchev–Trinajstić information content (AvgIpc) is 2.43. The van der Waals surface area contributed by atoms with E-state index >= 15 is 0 Å². The number of benzene rings is 1. The van der Waals surface area contributed by atoms with E-state index in [1.807, 2.05) is 32.0 Å². The van der Waals surface area contributed by atoms with Crippen LogP contribution in [0.3, 0.4) is 0 Å². The molecule has 0 amide bonds. The third-order valence-electron chi connectivity index (χ3n) is 3.08. The first-order valence-electron chi connectivity index (χ1n) is 7.29. The molecule has 0 bridgehead atoms. The van der Waals surface area contributed by atoms with E-state index in [0.29, 0.717) is 6.04 Å². The van der Waals surface area contributed by atoms with Crippen molar-refractivity contribution < 1.29 is 13.7 Å². The third-order valence-corrected chi connectivity index (χ3v) is 3.89. The van der Waals surface area contributed by atoms with Crippen LogP contribution in [0.15, 0.2) is 18.2 Å². The number of rotatable bonds is 9. The second-order valence-corrected chi connectivity index (χ2v) is 7.05. The van der Waals surface area contributed by atoms with Crippen LogP contribution >= 0.6 is 0 Å². The van der Waals surface area contributed by atoms with Gasteiger partial charge in [-0.3, -0.25) is 4.21 Å². The lowest BCUT2D eigenvalue weighted by Gasteiger charge is -2.16. The molecule has 0 spiro atoms. The number of nitrogens with one attached hydrogen (secondary N) is 1. The fourth-order valence-electron chi connectivity index (χ4n) is 1.91. The van der Waals surface area contributed by atoms with Gasteiger partial charge in [0.15, 0.2) is 11.5 Å². The summed E-state index contributed by atoms with van der Waals surface area (Å²) in [5, 5.41) is 3.44. The van der Waals surface area contributed by atoms with E-state index in [2.05, 4.69) is 12.2 Å². The highest BCUT2D eigenvalue weighted by Crippen LogP contribution is 2.28. The summed E-state index contributed by atoms with van der Waals surface area (Å²) in [6.07, 6.45) is 2.78. The van der Waals surface area contributed by atoms with Crippen LogP contribution in [0.1, 0.15) is 32.8 Å². The summed E-state index contributed by atoms with van der Waals surface area (Å²) in [7, 11) is 0.927. The standard InChI is InChI=1S/C16H27NO3S/c1-12(2)20-15-7-6-14(10-16(15)19-4)11-17-13(3)8-9-21(5)18/h6-7,10,12-13,17H,8-9,11H2,1-5H3. The largest absolute Gasteiger partial charge is 0.493 e. The minimum atomic E-state index is -0.725. The summed E-state index contributed by atoms with van der Waals surface area (Å²) in [4.78, 5) is 0. The Morgan fingerprint density at radius 2 is 1.95 bits per heavy atom. The van der Waals surface area contributed by atoms with Gasteiger partial charge < -0.3 is 14.8 Å². The minimum Gasteiger partial charge on any atom is -0.493 e. The van der Waals surface area contributed by atoms with Gasteiger partial charge in [-0.2, -0.15) is 0 Å². The molecule has 0 aliphatic carbocycles. The van der Waals surface area contributed by atoms with Crippen molar-refractivity contribution >= 4 is 10.8 Å². The zero-order chi connectivity index (χ0) is 15.8. The van der Waals surface area contributed by atoms with Crippen molar-refractivity contribution in [1.29, 1.82) is 0 Å². The number of hydrogen-bond donors (Lipinski definition) is 1. The summed E-state index contributed by atoms with van der Waals surface area (Å²) < 4.78 is 22.2. The Balaban J connectivity index is 2.57. The van der Waals surface area contributed by atoms with Crippen LogP contribution in [-0.4, -0.2) is 35.5 Å². The molecular weight excluding hydrogens is 286 g/mol. The molecule has 1 aromatic rings. The van der Waals surface area contributed by atoms with Crippen LogP contribution in [0, 0.1) is 0 Å². The monoisotopic (exact) mass is 313 g/mol. The van der Waals surface area contributed by atoms with Crippen molar-refractivity contribution in [2.75, 3.05) is 19.1 Å². The highest BCUT2D eigenvalue weighted by atomic mass is 32.2. The van der Waals surface area contributed by atoms with Gasteiger partial charge in [0.2, 0.25) is 0 Å². The Morgan fingerprint density at radius 1 is 1.24 bits per heavy atom. The zero-order valence-electron chi connectivity index (χ0n) is 13.6. The van der Waals surface area contributed by atoms with Gasteiger partial charge >= 0.3 is 0 Å². The van der Waals surface area contributed by atoms with Gasteiger partial charge in [0.1, 0.15) is 0 Å². The normalized spacial score (nSPS) is 14.0. The molecule has 0 aromatic heterocycles. The lowest BCUT2D eigenvalue weighted by Crippen LogP contribution is -2.27.